The third-order valence-corrected chi connectivity index (χ3v) is 2.70. The quantitative estimate of drug-likeness (QED) is 0.696. The molecule has 0 spiro atoms. The molecule has 1 heterocycles. The Hall–Kier alpha value is -0.680. The number of hydrogen-bond acceptors (Lipinski definition) is 5. The molecule has 0 atom stereocenters. The van der Waals surface area contributed by atoms with E-state index in [4.69, 9.17) is 4.74 Å². The Morgan fingerprint density at radius 2 is 2.20 bits per heavy atom. The fourth-order valence-corrected chi connectivity index (χ4v) is 1.68. The lowest BCUT2D eigenvalue weighted by Gasteiger charge is -2.04. The lowest BCUT2D eigenvalue weighted by Crippen LogP contribution is -2.03. The van der Waals surface area contributed by atoms with Gasteiger partial charge in [-0.1, -0.05) is 24.8 Å². The van der Waals surface area contributed by atoms with Gasteiger partial charge in [-0.2, -0.15) is 0 Å². The van der Waals surface area contributed by atoms with Crippen LogP contribution >= 0.6 is 11.5 Å². The Kier molecular flexibility index (Phi) is 6.27. The van der Waals surface area contributed by atoms with Crippen molar-refractivity contribution < 1.29 is 4.74 Å². The zero-order chi connectivity index (χ0) is 10.9. The number of rotatable bonds is 8. The maximum atomic E-state index is 5.50. The Labute approximate surface area is 95.2 Å². The van der Waals surface area contributed by atoms with Crippen molar-refractivity contribution in [2.45, 2.75) is 39.7 Å². The zero-order valence-corrected chi connectivity index (χ0v) is 10.3. The highest BCUT2D eigenvalue weighted by atomic mass is 32.1. The van der Waals surface area contributed by atoms with Gasteiger partial charge in [0.15, 0.2) is 0 Å². The summed E-state index contributed by atoms with van der Waals surface area (Å²) in [5.74, 6) is 0. The molecule has 15 heavy (non-hydrogen) atoms. The second-order valence-corrected chi connectivity index (χ2v) is 4.14. The fourth-order valence-electron chi connectivity index (χ4n) is 1.09. The van der Waals surface area contributed by atoms with Gasteiger partial charge in [-0.3, -0.25) is 0 Å². The van der Waals surface area contributed by atoms with Crippen LogP contribution in [0.4, 0.5) is 5.00 Å². The molecule has 0 unspecified atom stereocenters. The summed E-state index contributed by atoms with van der Waals surface area (Å²) in [6.45, 7) is 6.64. The summed E-state index contributed by atoms with van der Waals surface area (Å²) in [4.78, 5) is 0. The first-order valence-electron chi connectivity index (χ1n) is 5.51. The maximum Gasteiger partial charge on any atom is 0.135 e. The van der Waals surface area contributed by atoms with E-state index in [0.29, 0.717) is 6.61 Å². The summed E-state index contributed by atoms with van der Waals surface area (Å²) in [6.07, 6.45) is 3.37. The first-order valence-corrected chi connectivity index (χ1v) is 6.28. The summed E-state index contributed by atoms with van der Waals surface area (Å²) in [5.41, 5.74) is 0.935. The van der Waals surface area contributed by atoms with Gasteiger partial charge in [0.25, 0.3) is 0 Å². The van der Waals surface area contributed by atoms with Crippen molar-refractivity contribution in [1.29, 1.82) is 0 Å². The minimum atomic E-state index is 0.572. The molecule has 0 fully saturated rings. The molecule has 0 aliphatic heterocycles. The molecule has 1 aromatic rings. The van der Waals surface area contributed by atoms with Crippen LogP contribution in [0.5, 0.6) is 0 Å². The fraction of sp³-hybridized carbons (Fsp3) is 0.800. The molecule has 0 aliphatic rings. The predicted molar refractivity (Wildman–Crippen MR) is 63.3 cm³/mol. The summed E-state index contributed by atoms with van der Waals surface area (Å²) in [7, 11) is 0. The standard InChI is InChI=1S/C10H19N3OS/c1-3-5-7-14-8-9-10(11-6-4-2)15-13-12-9/h11H,3-8H2,1-2H3. The van der Waals surface area contributed by atoms with Crippen molar-refractivity contribution in [3.8, 4) is 0 Å². The lowest BCUT2D eigenvalue weighted by molar-refractivity contribution is 0.116. The number of aromatic nitrogens is 2. The van der Waals surface area contributed by atoms with Crippen LogP contribution < -0.4 is 5.32 Å². The third kappa shape index (κ3) is 4.57. The Morgan fingerprint density at radius 1 is 1.33 bits per heavy atom. The van der Waals surface area contributed by atoms with Gasteiger partial charge in [-0.05, 0) is 12.8 Å². The lowest BCUT2D eigenvalue weighted by atomic mass is 10.4. The van der Waals surface area contributed by atoms with Crippen LogP contribution in [0.25, 0.3) is 0 Å². The van der Waals surface area contributed by atoms with Crippen molar-refractivity contribution in [3.63, 3.8) is 0 Å². The van der Waals surface area contributed by atoms with Crippen molar-refractivity contribution in [3.05, 3.63) is 5.69 Å². The molecular formula is C10H19N3OS. The molecule has 0 saturated carbocycles. The average molecular weight is 229 g/mol. The Morgan fingerprint density at radius 3 is 2.93 bits per heavy atom. The number of nitrogens with zero attached hydrogens (tertiary/aromatic N) is 2. The molecule has 1 rings (SSSR count). The predicted octanol–water partition coefficient (Wildman–Crippen LogP) is 2.68. The van der Waals surface area contributed by atoms with Crippen LogP contribution in [0.15, 0.2) is 0 Å². The monoisotopic (exact) mass is 229 g/mol. The summed E-state index contributed by atoms with van der Waals surface area (Å²) >= 11 is 1.40. The highest BCUT2D eigenvalue weighted by Crippen LogP contribution is 2.18. The summed E-state index contributed by atoms with van der Waals surface area (Å²) in [6, 6.07) is 0. The second-order valence-electron chi connectivity index (χ2n) is 3.38. The smallest absolute Gasteiger partial charge is 0.135 e. The minimum Gasteiger partial charge on any atom is -0.375 e. The summed E-state index contributed by atoms with van der Waals surface area (Å²) in [5, 5.41) is 8.39. The van der Waals surface area contributed by atoms with E-state index >= 15 is 0 Å². The van der Waals surface area contributed by atoms with Gasteiger partial charge < -0.3 is 10.1 Å². The number of ether oxygens (including phenoxy) is 1. The first kappa shape index (κ1) is 12.4. The molecule has 86 valence electrons. The molecule has 0 aliphatic carbocycles. The SMILES string of the molecule is CCCCOCc1nnsc1NCCC. The van der Waals surface area contributed by atoms with Gasteiger partial charge in [-0.25, -0.2) is 0 Å². The molecule has 0 bridgehead atoms. The minimum absolute atomic E-state index is 0.572. The average Bonchev–Trinajstić information content (AvgIpc) is 2.69. The number of nitrogens with one attached hydrogen (secondary N) is 1. The van der Waals surface area contributed by atoms with Gasteiger partial charge in [0, 0.05) is 24.7 Å². The molecule has 0 amide bonds. The highest BCUT2D eigenvalue weighted by Gasteiger charge is 2.06. The zero-order valence-electron chi connectivity index (χ0n) is 9.45. The molecule has 1 N–H and O–H groups in total. The van der Waals surface area contributed by atoms with Gasteiger partial charge in [0.2, 0.25) is 0 Å². The van der Waals surface area contributed by atoms with E-state index in [1.54, 1.807) is 0 Å². The number of unbranched alkanes of at least 4 members (excludes halogenated alkanes) is 1. The van der Waals surface area contributed by atoms with Crippen LogP contribution in [-0.4, -0.2) is 22.7 Å². The second kappa shape index (κ2) is 7.59. The molecule has 1 aromatic heterocycles. The van der Waals surface area contributed by atoms with Gasteiger partial charge >= 0.3 is 0 Å². The van der Waals surface area contributed by atoms with Gasteiger partial charge in [-0.15, -0.1) is 5.10 Å². The van der Waals surface area contributed by atoms with Crippen LogP contribution in [-0.2, 0) is 11.3 Å². The highest BCUT2D eigenvalue weighted by molar-refractivity contribution is 7.10. The Bertz CT molecular complexity index is 265. The number of anilines is 1. The molecule has 5 heteroatoms. The van der Waals surface area contributed by atoms with Crippen molar-refractivity contribution in [2.75, 3.05) is 18.5 Å². The van der Waals surface area contributed by atoms with Crippen molar-refractivity contribution in [2.24, 2.45) is 0 Å². The van der Waals surface area contributed by atoms with E-state index in [9.17, 15) is 0 Å². The largest absolute Gasteiger partial charge is 0.375 e. The normalized spacial score (nSPS) is 10.5. The van der Waals surface area contributed by atoms with Crippen LogP contribution in [0.1, 0.15) is 38.8 Å². The molecule has 4 nitrogen and oxygen atoms in total. The first-order chi connectivity index (χ1) is 7.38. The van der Waals surface area contributed by atoms with E-state index in [1.807, 2.05) is 0 Å². The maximum absolute atomic E-state index is 5.50. The number of hydrogen-bond donors (Lipinski definition) is 1. The van der Waals surface area contributed by atoms with E-state index in [1.165, 1.54) is 11.5 Å². The molecule has 0 saturated heterocycles. The third-order valence-electron chi connectivity index (χ3n) is 1.97. The summed E-state index contributed by atoms with van der Waals surface area (Å²) < 4.78 is 9.43. The Balaban J connectivity index is 2.29. The molecule has 0 aromatic carbocycles. The van der Waals surface area contributed by atoms with Crippen LogP contribution in [0, 0.1) is 0 Å². The van der Waals surface area contributed by atoms with Gasteiger partial charge in [0.05, 0.1) is 6.61 Å². The topological polar surface area (TPSA) is 47.0 Å². The molecule has 0 radical (unpaired) electrons. The van der Waals surface area contributed by atoms with Crippen molar-refractivity contribution in [1.82, 2.24) is 9.59 Å². The van der Waals surface area contributed by atoms with E-state index in [0.717, 1.165) is 43.1 Å². The molecular weight excluding hydrogens is 210 g/mol. The van der Waals surface area contributed by atoms with E-state index in [-0.39, 0.29) is 0 Å². The van der Waals surface area contributed by atoms with Crippen LogP contribution in [0.2, 0.25) is 0 Å². The van der Waals surface area contributed by atoms with E-state index in [2.05, 4.69) is 28.8 Å². The van der Waals surface area contributed by atoms with Crippen LogP contribution in [0.3, 0.4) is 0 Å². The van der Waals surface area contributed by atoms with E-state index < -0.39 is 0 Å². The van der Waals surface area contributed by atoms with Crippen molar-refractivity contribution >= 4 is 16.5 Å². The van der Waals surface area contributed by atoms with Gasteiger partial charge in [0.1, 0.15) is 10.7 Å².